The van der Waals surface area contributed by atoms with Gasteiger partial charge in [0.15, 0.2) is 6.10 Å². The van der Waals surface area contributed by atoms with Gasteiger partial charge in [-0.3, -0.25) is 14.4 Å². The Labute approximate surface area is 419 Å². The molecule has 0 saturated heterocycles. The van der Waals surface area contributed by atoms with Crippen molar-refractivity contribution >= 4 is 17.9 Å². The molecule has 386 valence electrons. The molecule has 0 fully saturated rings. The van der Waals surface area contributed by atoms with Gasteiger partial charge >= 0.3 is 17.9 Å². The van der Waals surface area contributed by atoms with Crippen LogP contribution >= 0.6 is 0 Å². The molecular formula is C62H102O6. The molecule has 0 aromatic rings. The molecule has 0 amide bonds. The zero-order valence-corrected chi connectivity index (χ0v) is 44.1. The maximum atomic E-state index is 12.8. The standard InChI is InChI=1S/C62H102O6/c1-4-7-10-13-16-19-22-25-27-29-31-33-35-37-40-43-46-49-52-55-61(64)67-58-59(57-66-60(63)54-51-48-45-42-39-24-21-18-15-12-9-6-3)68-62(65)56-53-50-47-44-41-38-36-34-32-30-28-26-23-20-17-14-11-8-5-2/h7,9-10,12,16,18-19,21,25,27,30-33,37,39-40,42,59H,4-6,8,11,13-15,17,20,22-24,26,28-29,34-36,38,41,43-58H2,1-3H3/b10-7-,12-9-,19-16-,21-18-,27-25-,32-30-,33-31-,40-37-,42-39-. The highest BCUT2D eigenvalue weighted by Crippen LogP contribution is 2.14. The predicted molar refractivity (Wildman–Crippen MR) is 293 cm³/mol. The van der Waals surface area contributed by atoms with Crippen molar-refractivity contribution < 1.29 is 28.6 Å². The molecule has 6 nitrogen and oxygen atoms in total. The number of esters is 3. The molecule has 0 spiro atoms. The summed E-state index contributed by atoms with van der Waals surface area (Å²) in [4.78, 5) is 38.1. The number of unbranched alkanes of at least 4 members (excludes halogenated alkanes) is 20. The Kier molecular flexibility index (Phi) is 52.4. The number of allylic oxidation sites excluding steroid dienone is 18. The number of ether oxygens (including phenoxy) is 3. The van der Waals surface area contributed by atoms with E-state index in [1.54, 1.807) is 0 Å². The molecule has 1 atom stereocenters. The van der Waals surface area contributed by atoms with Crippen molar-refractivity contribution in [3.05, 3.63) is 109 Å². The Morgan fingerprint density at radius 2 is 0.574 bits per heavy atom. The molecule has 0 N–H and O–H groups in total. The van der Waals surface area contributed by atoms with Crippen molar-refractivity contribution in [2.24, 2.45) is 0 Å². The summed E-state index contributed by atoms with van der Waals surface area (Å²) in [5.41, 5.74) is 0. The lowest BCUT2D eigenvalue weighted by molar-refractivity contribution is -0.167. The minimum atomic E-state index is -0.812. The highest BCUT2D eigenvalue weighted by Gasteiger charge is 2.19. The SMILES string of the molecule is CC/C=C\C/C=C\C/C=C\C/C=C\C/C=C\CCCCCC(=O)OCC(COC(=O)CCCC/C=C\C/C=C\C/C=C\CC)OC(=O)CCCCCCCCC/C=C\CCCCCCCCCC. The van der Waals surface area contributed by atoms with E-state index in [0.717, 1.165) is 116 Å². The van der Waals surface area contributed by atoms with E-state index < -0.39 is 6.10 Å². The van der Waals surface area contributed by atoms with Crippen molar-refractivity contribution in [3.63, 3.8) is 0 Å². The van der Waals surface area contributed by atoms with Gasteiger partial charge in [0.2, 0.25) is 0 Å². The van der Waals surface area contributed by atoms with Gasteiger partial charge in [0, 0.05) is 19.3 Å². The van der Waals surface area contributed by atoms with Gasteiger partial charge in [-0.25, -0.2) is 0 Å². The molecule has 0 aromatic carbocycles. The minimum Gasteiger partial charge on any atom is -0.462 e. The van der Waals surface area contributed by atoms with Crippen LogP contribution in [0.25, 0.3) is 0 Å². The van der Waals surface area contributed by atoms with Crippen molar-refractivity contribution in [1.29, 1.82) is 0 Å². The van der Waals surface area contributed by atoms with Crippen molar-refractivity contribution in [3.8, 4) is 0 Å². The van der Waals surface area contributed by atoms with E-state index >= 15 is 0 Å². The maximum Gasteiger partial charge on any atom is 0.306 e. The first-order valence-electron chi connectivity index (χ1n) is 27.9. The zero-order valence-electron chi connectivity index (χ0n) is 44.1. The third-order valence-corrected chi connectivity index (χ3v) is 11.5. The van der Waals surface area contributed by atoms with Gasteiger partial charge in [-0.15, -0.1) is 0 Å². The van der Waals surface area contributed by atoms with Crippen LogP contribution in [0.4, 0.5) is 0 Å². The van der Waals surface area contributed by atoms with E-state index in [2.05, 4.69) is 130 Å². The third kappa shape index (κ3) is 53.0. The van der Waals surface area contributed by atoms with Gasteiger partial charge in [0.25, 0.3) is 0 Å². The first-order chi connectivity index (χ1) is 33.5. The van der Waals surface area contributed by atoms with Crippen LogP contribution < -0.4 is 0 Å². The Morgan fingerprint density at radius 1 is 0.309 bits per heavy atom. The smallest absolute Gasteiger partial charge is 0.306 e. The van der Waals surface area contributed by atoms with Gasteiger partial charge in [-0.05, 0) is 122 Å². The summed E-state index contributed by atoms with van der Waals surface area (Å²) >= 11 is 0. The van der Waals surface area contributed by atoms with Crippen LogP contribution in [0.5, 0.6) is 0 Å². The molecule has 0 radical (unpaired) electrons. The van der Waals surface area contributed by atoms with Crippen LogP contribution in [-0.2, 0) is 28.6 Å². The summed E-state index contributed by atoms with van der Waals surface area (Å²) in [5.74, 6) is -0.985. The first kappa shape index (κ1) is 64.1. The highest BCUT2D eigenvalue weighted by atomic mass is 16.6. The van der Waals surface area contributed by atoms with Crippen molar-refractivity contribution in [1.82, 2.24) is 0 Å². The molecule has 0 rings (SSSR count). The van der Waals surface area contributed by atoms with E-state index in [-0.39, 0.29) is 31.1 Å². The van der Waals surface area contributed by atoms with Gasteiger partial charge in [-0.1, -0.05) is 214 Å². The molecule has 68 heavy (non-hydrogen) atoms. The van der Waals surface area contributed by atoms with Gasteiger partial charge < -0.3 is 14.2 Å². The summed E-state index contributed by atoms with van der Waals surface area (Å²) in [7, 11) is 0. The van der Waals surface area contributed by atoms with Crippen LogP contribution in [0.3, 0.4) is 0 Å². The number of carbonyl (C=O) groups is 3. The number of hydrogen-bond acceptors (Lipinski definition) is 6. The van der Waals surface area contributed by atoms with E-state index in [4.69, 9.17) is 14.2 Å². The summed E-state index contributed by atoms with van der Waals surface area (Å²) in [6.45, 7) is 6.34. The normalized spacial score (nSPS) is 12.9. The topological polar surface area (TPSA) is 78.9 Å². The highest BCUT2D eigenvalue weighted by molar-refractivity contribution is 5.71. The summed E-state index contributed by atoms with van der Waals surface area (Å²) in [6, 6.07) is 0. The number of rotatable bonds is 49. The third-order valence-electron chi connectivity index (χ3n) is 11.5. The largest absolute Gasteiger partial charge is 0.462 e. The lowest BCUT2D eigenvalue weighted by atomic mass is 10.1. The zero-order chi connectivity index (χ0) is 49.3. The Balaban J connectivity index is 4.47. The molecular weight excluding hydrogens is 841 g/mol. The molecule has 0 aliphatic rings. The number of hydrogen-bond donors (Lipinski definition) is 0. The quantitative estimate of drug-likeness (QED) is 0.0262. The molecule has 6 heteroatoms. The molecule has 0 heterocycles. The predicted octanol–water partition coefficient (Wildman–Crippen LogP) is 18.7. The lowest BCUT2D eigenvalue weighted by Crippen LogP contribution is -2.30. The van der Waals surface area contributed by atoms with E-state index in [0.29, 0.717) is 19.3 Å². The van der Waals surface area contributed by atoms with Crippen LogP contribution in [0, 0.1) is 0 Å². The van der Waals surface area contributed by atoms with Gasteiger partial charge in [0.05, 0.1) is 0 Å². The fraction of sp³-hybridized carbons (Fsp3) is 0.661. The Hall–Kier alpha value is -3.93. The average Bonchev–Trinajstić information content (AvgIpc) is 3.34. The van der Waals surface area contributed by atoms with Crippen LogP contribution in [0.15, 0.2) is 109 Å². The monoisotopic (exact) mass is 943 g/mol. The maximum absolute atomic E-state index is 12.8. The van der Waals surface area contributed by atoms with E-state index in [1.165, 1.54) is 89.9 Å². The average molecular weight is 943 g/mol. The minimum absolute atomic E-state index is 0.111. The van der Waals surface area contributed by atoms with Gasteiger partial charge in [-0.2, -0.15) is 0 Å². The van der Waals surface area contributed by atoms with E-state index in [9.17, 15) is 14.4 Å². The summed E-state index contributed by atoms with van der Waals surface area (Å²) < 4.78 is 16.8. The summed E-state index contributed by atoms with van der Waals surface area (Å²) in [5, 5.41) is 0. The van der Waals surface area contributed by atoms with Gasteiger partial charge in [0.1, 0.15) is 13.2 Å². The second kappa shape index (κ2) is 55.7. The molecule has 0 aromatic heterocycles. The molecule has 0 bridgehead atoms. The molecule has 0 saturated carbocycles. The van der Waals surface area contributed by atoms with Crippen molar-refractivity contribution in [2.75, 3.05) is 13.2 Å². The van der Waals surface area contributed by atoms with Crippen LogP contribution in [-0.4, -0.2) is 37.2 Å². The van der Waals surface area contributed by atoms with Crippen molar-refractivity contribution in [2.45, 2.75) is 252 Å². The molecule has 0 aliphatic heterocycles. The number of carbonyl (C=O) groups excluding carboxylic acids is 3. The molecule has 1 unspecified atom stereocenters. The second-order valence-electron chi connectivity index (χ2n) is 18.1. The Bertz CT molecular complexity index is 1410. The lowest BCUT2D eigenvalue weighted by Gasteiger charge is -2.18. The fourth-order valence-corrected chi connectivity index (χ4v) is 7.36. The van der Waals surface area contributed by atoms with Crippen LogP contribution in [0.2, 0.25) is 0 Å². The second-order valence-corrected chi connectivity index (χ2v) is 18.1. The first-order valence-corrected chi connectivity index (χ1v) is 27.9. The fourth-order valence-electron chi connectivity index (χ4n) is 7.36. The molecule has 0 aliphatic carbocycles. The summed E-state index contributed by atoms with van der Waals surface area (Å²) in [6.07, 6.45) is 75.1. The van der Waals surface area contributed by atoms with E-state index in [1.807, 2.05) is 0 Å². The Morgan fingerprint density at radius 3 is 0.956 bits per heavy atom. The van der Waals surface area contributed by atoms with Crippen LogP contribution in [0.1, 0.15) is 245 Å².